The Morgan fingerprint density at radius 3 is 1.51 bits per heavy atom. The largest absolute Gasteiger partial charge is 0.363 e. The fraction of sp³-hybridized carbons (Fsp3) is 0.542. The van der Waals surface area contributed by atoms with Crippen LogP contribution >= 0.6 is 0 Å². The molecule has 2 aliphatic heterocycles. The van der Waals surface area contributed by atoms with Gasteiger partial charge in [0, 0.05) is 32.1 Å². The number of carbonyl (C=O) groups excluding carboxylic acids is 4. The second-order valence-corrected chi connectivity index (χ2v) is 17.5. The number of rotatable bonds is 23. The van der Waals surface area contributed by atoms with E-state index in [4.69, 9.17) is 9.47 Å². The van der Waals surface area contributed by atoms with Gasteiger partial charge in [0.05, 0.1) is 43.4 Å². The summed E-state index contributed by atoms with van der Waals surface area (Å²) in [5.41, 5.74) is 2.15. The fourth-order valence-electron chi connectivity index (χ4n) is 8.04. The predicted molar refractivity (Wildman–Crippen MR) is 256 cm³/mol. The van der Waals surface area contributed by atoms with Crippen molar-refractivity contribution in [1.82, 2.24) is 66.2 Å². The van der Waals surface area contributed by atoms with E-state index in [1.54, 1.807) is 60.8 Å². The molecule has 2 unspecified atom stereocenters. The quantitative estimate of drug-likeness (QED) is 0.0664. The van der Waals surface area contributed by atoms with Crippen molar-refractivity contribution in [3.8, 4) is 23.7 Å². The number of tetrazole rings is 2. The van der Waals surface area contributed by atoms with E-state index in [9.17, 15) is 19.2 Å². The molecule has 21 nitrogen and oxygen atoms in total. The molecular weight excluding hydrogens is 883 g/mol. The number of nitrogens with one attached hydrogen (secondary N) is 5. The molecule has 368 valence electrons. The lowest BCUT2D eigenvalue weighted by Gasteiger charge is -2.32. The molecule has 2 aromatic heterocycles. The first-order valence-electron chi connectivity index (χ1n) is 23.6. The number of ether oxygens (including phenoxy) is 2. The molecule has 2 fully saturated rings. The van der Waals surface area contributed by atoms with Crippen LogP contribution in [-0.4, -0.2) is 150 Å². The molecule has 2 aromatic carbocycles. The van der Waals surface area contributed by atoms with Crippen LogP contribution in [-0.2, 0) is 54.8 Å². The van der Waals surface area contributed by atoms with Crippen molar-refractivity contribution in [3.05, 3.63) is 71.8 Å². The first-order valence-corrected chi connectivity index (χ1v) is 23.6. The van der Waals surface area contributed by atoms with Gasteiger partial charge in [0.15, 0.2) is 0 Å². The molecule has 0 aliphatic carbocycles. The summed E-state index contributed by atoms with van der Waals surface area (Å²) < 4.78 is 15.3. The molecule has 4 heterocycles. The van der Waals surface area contributed by atoms with Crippen LogP contribution in [0.5, 0.6) is 0 Å². The third kappa shape index (κ3) is 14.8. The molecule has 21 heteroatoms. The highest BCUT2D eigenvalue weighted by Gasteiger charge is 2.39. The number of hydrogen-bond donors (Lipinski definition) is 5. The Kier molecular flexibility index (Phi) is 19.4. The highest BCUT2D eigenvalue weighted by atomic mass is 16.5. The molecular formula is C48H65N15O6. The van der Waals surface area contributed by atoms with Crippen LogP contribution in [0.1, 0.15) is 71.4 Å². The van der Waals surface area contributed by atoms with Gasteiger partial charge >= 0.3 is 0 Å². The summed E-state index contributed by atoms with van der Waals surface area (Å²) in [6, 6.07) is 16.9. The first-order chi connectivity index (χ1) is 33.4. The molecule has 4 amide bonds. The summed E-state index contributed by atoms with van der Waals surface area (Å²) in [6.45, 7) is 11.4. The minimum atomic E-state index is -0.997. The Morgan fingerprint density at radius 2 is 1.09 bits per heavy atom. The van der Waals surface area contributed by atoms with Crippen molar-refractivity contribution in [1.29, 1.82) is 0 Å². The Morgan fingerprint density at radius 1 is 0.652 bits per heavy atom. The van der Waals surface area contributed by atoms with Crippen LogP contribution in [0.15, 0.2) is 60.7 Å². The molecule has 4 aromatic rings. The van der Waals surface area contributed by atoms with E-state index in [2.05, 4.69) is 81.3 Å². The Balaban J connectivity index is 1.02. The SMILES string of the molecule is CN[C@@H](C)C(=O)N[C@H](C(=O)N1CCC[C@H]1Cn1nnnc1NCc1ccccc1)C(C)OCC#CC#CCO[C@H](C)[C@H](NC(=O)C(C)C)C(=O)N1CCCC1Cn1nnnc1NCc1ccccc1. The topological polar surface area (TPSA) is 241 Å². The van der Waals surface area contributed by atoms with Gasteiger partial charge in [-0.25, -0.2) is 9.36 Å². The number of likely N-dealkylation sites (tertiary alicyclic amines) is 2. The molecule has 5 N–H and O–H groups in total. The van der Waals surface area contributed by atoms with E-state index >= 15 is 0 Å². The van der Waals surface area contributed by atoms with Crippen LogP contribution in [0.4, 0.5) is 11.9 Å². The van der Waals surface area contributed by atoms with Gasteiger partial charge in [0.25, 0.3) is 0 Å². The molecule has 0 saturated carbocycles. The number of benzene rings is 2. The number of amides is 4. The second kappa shape index (κ2) is 26.0. The lowest BCUT2D eigenvalue weighted by molar-refractivity contribution is -0.142. The number of carbonyl (C=O) groups is 4. The zero-order valence-corrected chi connectivity index (χ0v) is 40.3. The number of anilines is 2. The molecule has 0 spiro atoms. The van der Waals surface area contributed by atoms with Gasteiger partial charge < -0.3 is 45.9 Å². The first kappa shape index (κ1) is 51.5. The van der Waals surface area contributed by atoms with Crippen molar-refractivity contribution in [2.24, 2.45) is 5.92 Å². The van der Waals surface area contributed by atoms with Crippen molar-refractivity contribution < 1.29 is 28.7 Å². The predicted octanol–water partition coefficient (Wildman–Crippen LogP) is 1.62. The Bertz CT molecular complexity index is 2410. The maximum atomic E-state index is 14.2. The van der Waals surface area contributed by atoms with Gasteiger partial charge in [0.1, 0.15) is 25.3 Å². The highest BCUT2D eigenvalue weighted by molar-refractivity contribution is 5.90. The van der Waals surface area contributed by atoms with E-state index in [1.807, 2.05) is 60.7 Å². The summed E-state index contributed by atoms with van der Waals surface area (Å²) in [5.74, 6) is 10.7. The van der Waals surface area contributed by atoms with E-state index < -0.39 is 30.3 Å². The number of likely N-dealkylation sites (N-methyl/N-ethyl adjacent to an activating group) is 1. The lowest BCUT2D eigenvalue weighted by Crippen LogP contribution is -2.58. The molecule has 2 aliphatic rings. The third-order valence-electron chi connectivity index (χ3n) is 12.2. The highest BCUT2D eigenvalue weighted by Crippen LogP contribution is 2.24. The zero-order chi connectivity index (χ0) is 49.1. The average Bonchev–Trinajstić information content (AvgIpc) is 4.21. The summed E-state index contributed by atoms with van der Waals surface area (Å²) >= 11 is 0. The second-order valence-electron chi connectivity index (χ2n) is 17.5. The summed E-state index contributed by atoms with van der Waals surface area (Å²) in [7, 11) is 1.67. The van der Waals surface area contributed by atoms with Crippen molar-refractivity contribution in [2.45, 2.75) is 129 Å². The Hall–Kier alpha value is -6.94. The van der Waals surface area contributed by atoms with Crippen LogP contribution in [0.25, 0.3) is 0 Å². The van der Waals surface area contributed by atoms with Crippen molar-refractivity contribution in [2.75, 3.05) is 44.0 Å². The summed E-state index contributed by atoms with van der Waals surface area (Å²) in [4.78, 5) is 58.1. The van der Waals surface area contributed by atoms with Gasteiger partial charge in [-0.2, -0.15) is 0 Å². The molecule has 0 radical (unpaired) electrons. The van der Waals surface area contributed by atoms with E-state index in [1.165, 1.54) is 0 Å². The van der Waals surface area contributed by atoms with Crippen LogP contribution < -0.4 is 26.6 Å². The fourth-order valence-corrected chi connectivity index (χ4v) is 8.04. The van der Waals surface area contributed by atoms with E-state index in [0.29, 0.717) is 51.2 Å². The third-order valence-corrected chi connectivity index (χ3v) is 12.2. The zero-order valence-electron chi connectivity index (χ0n) is 40.3. The van der Waals surface area contributed by atoms with Crippen molar-refractivity contribution in [3.63, 3.8) is 0 Å². The Labute approximate surface area is 403 Å². The standard InChI is InChI=1S/C48H65N15O6/c1-33(2)43(64)52-41(45(66)60-25-17-23-39(60)31-62-47(54-56-58-62)50-29-37-19-11-9-12-20-37)35(4)68-27-15-7-8-16-28-69-36(5)42(53-44(65)34(3)49-6)46(67)61-26-18-24-40(61)32-63-48(55-57-59-63)51-30-38-21-13-10-14-22-38/h9-14,19-22,33-36,39-42,49H,17-18,23-32H2,1-6H3,(H,52,64)(H,53,65)(H,50,54,58)(H,51,55,59)/t34-,35+,36?,39?,40-,41-,42-/m0/s1. The van der Waals surface area contributed by atoms with E-state index in [-0.39, 0.29) is 54.8 Å². The molecule has 69 heavy (non-hydrogen) atoms. The maximum absolute atomic E-state index is 14.2. The number of nitrogens with zero attached hydrogens (tertiary/aromatic N) is 10. The monoisotopic (exact) mass is 948 g/mol. The van der Waals surface area contributed by atoms with Crippen LogP contribution in [0, 0.1) is 29.6 Å². The van der Waals surface area contributed by atoms with Gasteiger partial charge in [-0.15, -0.1) is 0 Å². The van der Waals surface area contributed by atoms with Gasteiger partial charge in [0.2, 0.25) is 35.5 Å². The summed E-state index contributed by atoms with van der Waals surface area (Å²) in [6.07, 6.45) is 1.58. The molecule has 0 bridgehead atoms. The smallest absolute Gasteiger partial charge is 0.248 e. The van der Waals surface area contributed by atoms with Gasteiger partial charge in [-0.1, -0.05) is 96.5 Å². The minimum absolute atomic E-state index is 0.0581. The van der Waals surface area contributed by atoms with Crippen LogP contribution in [0.2, 0.25) is 0 Å². The number of hydrogen-bond acceptors (Lipinski definition) is 15. The van der Waals surface area contributed by atoms with Crippen LogP contribution in [0.3, 0.4) is 0 Å². The van der Waals surface area contributed by atoms with Gasteiger partial charge in [-0.3, -0.25) is 19.2 Å². The van der Waals surface area contributed by atoms with Gasteiger partial charge in [-0.05, 0) is 97.3 Å². The normalized spacial score (nSPS) is 17.7. The number of aromatic nitrogens is 8. The van der Waals surface area contributed by atoms with E-state index in [0.717, 1.165) is 36.8 Å². The molecule has 6 rings (SSSR count). The minimum Gasteiger partial charge on any atom is -0.363 e. The molecule has 7 atom stereocenters. The maximum Gasteiger partial charge on any atom is 0.248 e. The average molecular weight is 948 g/mol. The van der Waals surface area contributed by atoms with Crippen molar-refractivity contribution >= 4 is 35.5 Å². The molecule has 2 saturated heterocycles. The lowest BCUT2D eigenvalue weighted by atomic mass is 10.1. The summed E-state index contributed by atoms with van der Waals surface area (Å²) in [5, 5.41) is 39.7.